The van der Waals surface area contributed by atoms with Crippen LogP contribution < -0.4 is 11.1 Å². The SMILES string of the molecule is CSCCCCNCC(C)C(N)=O. The Morgan fingerprint density at radius 3 is 2.77 bits per heavy atom. The predicted molar refractivity (Wildman–Crippen MR) is 58.8 cm³/mol. The van der Waals surface area contributed by atoms with Gasteiger partial charge in [0.15, 0.2) is 0 Å². The van der Waals surface area contributed by atoms with Gasteiger partial charge in [0.25, 0.3) is 0 Å². The second-order valence-electron chi connectivity index (χ2n) is 3.21. The summed E-state index contributed by atoms with van der Waals surface area (Å²) >= 11 is 1.87. The number of hydrogen-bond acceptors (Lipinski definition) is 3. The third-order valence-electron chi connectivity index (χ3n) is 1.89. The van der Waals surface area contributed by atoms with Crippen molar-refractivity contribution in [2.24, 2.45) is 11.7 Å². The van der Waals surface area contributed by atoms with Crippen molar-refractivity contribution in [1.29, 1.82) is 0 Å². The maximum absolute atomic E-state index is 10.6. The minimum atomic E-state index is -0.225. The molecule has 0 aromatic rings. The average molecular weight is 204 g/mol. The number of thioether (sulfide) groups is 1. The second kappa shape index (κ2) is 8.38. The van der Waals surface area contributed by atoms with E-state index in [4.69, 9.17) is 5.73 Å². The molecule has 0 heterocycles. The number of unbranched alkanes of at least 4 members (excludes halogenated alkanes) is 1. The molecule has 0 aliphatic rings. The molecule has 78 valence electrons. The lowest BCUT2D eigenvalue weighted by atomic mass is 10.2. The molecule has 1 atom stereocenters. The van der Waals surface area contributed by atoms with Crippen LogP contribution in [0.15, 0.2) is 0 Å². The summed E-state index contributed by atoms with van der Waals surface area (Å²) in [6, 6.07) is 0. The molecule has 3 nitrogen and oxygen atoms in total. The van der Waals surface area contributed by atoms with Crippen LogP contribution in [0.1, 0.15) is 19.8 Å². The number of primary amides is 1. The Hall–Kier alpha value is -0.220. The van der Waals surface area contributed by atoms with E-state index in [-0.39, 0.29) is 11.8 Å². The van der Waals surface area contributed by atoms with Crippen LogP contribution in [0.25, 0.3) is 0 Å². The van der Waals surface area contributed by atoms with Gasteiger partial charge in [0.2, 0.25) is 5.91 Å². The van der Waals surface area contributed by atoms with Crippen molar-refractivity contribution in [3.8, 4) is 0 Å². The maximum Gasteiger partial charge on any atom is 0.221 e. The zero-order valence-electron chi connectivity index (χ0n) is 8.51. The summed E-state index contributed by atoms with van der Waals surface area (Å²) in [5.74, 6) is 0.935. The normalized spacial score (nSPS) is 12.8. The van der Waals surface area contributed by atoms with E-state index in [1.165, 1.54) is 18.6 Å². The van der Waals surface area contributed by atoms with Crippen molar-refractivity contribution in [3.63, 3.8) is 0 Å². The van der Waals surface area contributed by atoms with Crippen molar-refractivity contribution < 1.29 is 4.79 Å². The van der Waals surface area contributed by atoms with Gasteiger partial charge in [-0.25, -0.2) is 0 Å². The number of nitrogens with one attached hydrogen (secondary N) is 1. The minimum Gasteiger partial charge on any atom is -0.369 e. The van der Waals surface area contributed by atoms with E-state index >= 15 is 0 Å². The molecule has 0 aliphatic heterocycles. The Balaban J connectivity index is 3.11. The fraction of sp³-hybridized carbons (Fsp3) is 0.889. The molecule has 0 aromatic heterocycles. The van der Waals surface area contributed by atoms with Crippen LogP contribution in [-0.4, -0.2) is 31.0 Å². The minimum absolute atomic E-state index is 0.0550. The molecule has 0 radical (unpaired) electrons. The van der Waals surface area contributed by atoms with Gasteiger partial charge in [0.1, 0.15) is 0 Å². The standard InChI is InChI=1S/C9H20N2OS/c1-8(9(10)12)7-11-5-3-4-6-13-2/h8,11H,3-7H2,1-2H3,(H2,10,12). The fourth-order valence-corrected chi connectivity index (χ4v) is 1.41. The number of amides is 1. The van der Waals surface area contributed by atoms with E-state index in [0.29, 0.717) is 6.54 Å². The second-order valence-corrected chi connectivity index (χ2v) is 4.19. The average Bonchev–Trinajstić information content (AvgIpc) is 2.10. The number of nitrogens with two attached hydrogens (primary N) is 1. The number of carbonyl (C=O) groups excluding carboxylic acids is 1. The first-order chi connectivity index (χ1) is 6.18. The smallest absolute Gasteiger partial charge is 0.221 e. The molecule has 4 heteroatoms. The van der Waals surface area contributed by atoms with Crippen molar-refractivity contribution in [2.45, 2.75) is 19.8 Å². The number of hydrogen-bond donors (Lipinski definition) is 2. The Kier molecular flexibility index (Phi) is 8.24. The zero-order chi connectivity index (χ0) is 10.1. The van der Waals surface area contributed by atoms with Gasteiger partial charge >= 0.3 is 0 Å². The van der Waals surface area contributed by atoms with E-state index in [2.05, 4.69) is 11.6 Å². The monoisotopic (exact) mass is 204 g/mol. The lowest BCUT2D eigenvalue weighted by Gasteiger charge is -2.08. The molecule has 1 unspecified atom stereocenters. The van der Waals surface area contributed by atoms with E-state index in [0.717, 1.165) is 6.54 Å². The van der Waals surface area contributed by atoms with Crippen LogP contribution >= 0.6 is 11.8 Å². The lowest BCUT2D eigenvalue weighted by molar-refractivity contribution is -0.121. The van der Waals surface area contributed by atoms with Gasteiger partial charge in [-0.15, -0.1) is 0 Å². The van der Waals surface area contributed by atoms with Gasteiger partial charge in [-0.2, -0.15) is 11.8 Å². The van der Waals surface area contributed by atoms with Crippen molar-refractivity contribution in [3.05, 3.63) is 0 Å². The van der Waals surface area contributed by atoms with Gasteiger partial charge in [0, 0.05) is 12.5 Å². The zero-order valence-corrected chi connectivity index (χ0v) is 9.32. The molecule has 13 heavy (non-hydrogen) atoms. The fourth-order valence-electron chi connectivity index (χ4n) is 0.916. The highest BCUT2D eigenvalue weighted by Crippen LogP contribution is 1.98. The summed E-state index contributed by atoms with van der Waals surface area (Å²) in [6.45, 7) is 3.53. The molecule has 1 amide bonds. The molecular formula is C9H20N2OS. The van der Waals surface area contributed by atoms with Gasteiger partial charge in [0.05, 0.1) is 0 Å². The van der Waals surface area contributed by atoms with Crippen LogP contribution in [0.4, 0.5) is 0 Å². The largest absolute Gasteiger partial charge is 0.369 e. The molecule has 0 fully saturated rings. The Morgan fingerprint density at radius 2 is 2.23 bits per heavy atom. The van der Waals surface area contributed by atoms with Gasteiger partial charge < -0.3 is 11.1 Å². The molecule has 0 saturated carbocycles. The summed E-state index contributed by atoms with van der Waals surface area (Å²) in [5, 5.41) is 3.22. The van der Waals surface area contributed by atoms with E-state index in [1.807, 2.05) is 18.7 Å². The highest BCUT2D eigenvalue weighted by Gasteiger charge is 2.06. The van der Waals surface area contributed by atoms with Gasteiger partial charge in [-0.1, -0.05) is 6.92 Å². The third-order valence-corrected chi connectivity index (χ3v) is 2.59. The summed E-state index contributed by atoms with van der Waals surface area (Å²) in [4.78, 5) is 10.6. The maximum atomic E-state index is 10.6. The Morgan fingerprint density at radius 1 is 1.54 bits per heavy atom. The Bertz CT molecular complexity index is 142. The van der Waals surface area contributed by atoms with Crippen molar-refractivity contribution in [2.75, 3.05) is 25.1 Å². The number of carbonyl (C=O) groups is 1. The molecule has 0 rings (SSSR count). The van der Waals surface area contributed by atoms with Crippen LogP contribution in [-0.2, 0) is 4.79 Å². The van der Waals surface area contributed by atoms with Crippen LogP contribution in [0.3, 0.4) is 0 Å². The van der Waals surface area contributed by atoms with Crippen molar-refractivity contribution in [1.82, 2.24) is 5.32 Å². The first-order valence-electron chi connectivity index (χ1n) is 4.67. The van der Waals surface area contributed by atoms with E-state index < -0.39 is 0 Å². The molecule has 0 spiro atoms. The van der Waals surface area contributed by atoms with Crippen LogP contribution in [0.5, 0.6) is 0 Å². The summed E-state index contributed by atoms with van der Waals surface area (Å²) < 4.78 is 0. The number of rotatable bonds is 8. The molecular weight excluding hydrogens is 184 g/mol. The first-order valence-corrected chi connectivity index (χ1v) is 6.06. The van der Waals surface area contributed by atoms with Crippen LogP contribution in [0.2, 0.25) is 0 Å². The van der Waals surface area contributed by atoms with Gasteiger partial charge in [-0.05, 0) is 31.4 Å². The molecule has 0 aliphatic carbocycles. The van der Waals surface area contributed by atoms with Gasteiger partial charge in [-0.3, -0.25) is 4.79 Å². The van der Waals surface area contributed by atoms with Crippen molar-refractivity contribution >= 4 is 17.7 Å². The highest BCUT2D eigenvalue weighted by molar-refractivity contribution is 7.98. The molecule has 3 N–H and O–H groups in total. The summed E-state index contributed by atoms with van der Waals surface area (Å²) in [5.41, 5.74) is 5.12. The summed E-state index contributed by atoms with van der Waals surface area (Å²) in [7, 11) is 0. The molecule has 0 bridgehead atoms. The third kappa shape index (κ3) is 8.12. The topological polar surface area (TPSA) is 55.1 Å². The molecule has 0 aromatic carbocycles. The lowest BCUT2D eigenvalue weighted by Crippen LogP contribution is -2.31. The molecule has 0 saturated heterocycles. The van der Waals surface area contributed by atoms with Crippen LogP contribution in [0, 0.1) is 5.92 Å². The predicted octanol–water partition coefficient (Wildman–Crippen LogP) is 0.841. The van der Waals surface area contributed by atoms with E-state index in [1.54, 1.807) is 0 Å². The first kappa shape index (κ1) is 12.8. The highest BCUT2D eigenvalue weighted by atomic mass is 32.2. The van der Waals surface area contributed by atoms with E-state index in [9.17, 15) is 4.79 Å². The Labute approximate surface area is 84.8 Å². The summed E-state index contributed by atoms with van der Waals surface area (Å²) in [6.07, 6.45) is 4.52. The quantitative estimate of drug-likeness (QED) is 0.576.